The second-order valence-corrected chi connectivity index (χ2v) is 5.70. The Morgan fingerprint density at radius 3 is 2.48 bits per heavy atom. The molecule has 1 aliphatic heterocycles. The third kappa shape index (κ3) is 4.48. The van der Waals surface area contributed by atoms with Crippen LogP contribution >= 0.6 is 12.4 Å². The maximum Gasteiger partial charge on any atom is 0.416 e. The van der Waals surface area contributed by atoms with Crippen molar-refractivity contribution in [1.82, 2.24) is 10.2 Å². The molecule has 0 spiro atoms. The number of hydrogen-bond donors (Lipinski definition) is 1. The van der Waals surface area contributed by atoms with Gasteiger partial charge in [-0.05, 0) is 35.9 Å². The summed E-state index contributed by atoms with van der Waals surface area (Å²) in [5.74, 6) is 0.810. The zero-order valence-electron chi connectivity index (χ0n) is 13.7. The average Bonchev–Trinajstić information content (AvgIpc) is 3.09. The van der Waals surface area contributed by atoms with Crippen molar-refractivity contribution in [3.05, 3.63) is 53.5 Å². The van der Waals surface area contributed by atoms with E-state index in [4.69, 9.17) is 9.15 Å². The molecule has 138 valence electrons. The Morgan fingerprint density at radius 2 is 1.92 bits per heavy atom. The van der Waals surface area contributed by atoms with Gasteiger partial charge in [-0.15, -0.1) is 12.4 Å². The molecule has 0 saturated carbocycles. The summed E-state index contributed by atoms with van der Waals surface area (Å²) in [4.78, 5) is 2.12. The molecule has 1 aromatic carbocycles. The van der Waals surface area contributed by atoms with E-state index in [9.17, 15) is 13.2 Å². The summed E-state index contributed by atoms with van der Waals surface area (Å²) in [5, 5.41) is 3.25. The average molecular weight is 377 g/mol. The number of benzene rings is 1. The molecular weight excluding hydrogens is 357 g/mol. The fraction of sp³-hybridized carbons (Fsp3) is 0.412. The molecule has 0 radical (unpaired) electrons. The Kier molecular flexibility index (Phi) is 6.37. The molecule has 25 heavy (non-hydrogen) atoms. The molecule has 0 unspecified atom stereocenters. The smallest absolute Gasteiger partial charge is 0.416 e. The largest absolute Gasteiger partial charge is 0.497 e. The van der Waals surface area contributed by atoms with Crippen LogP contribution in [0.5, 0.6) is 5.75 Å². The first kappa shape index (κ1) is 19.6. The summed E-state index contributed by atoms with van der Waals surface area (Å²) in [6.45, 7) is 3.02. The van der Waals surface area contributed by atoms with Crippen molar-refractivity contribution in [1.29, 1.82) is 0 Å². The maximum absolute atomic E-state index is 13.2. The number of halogens is 4. The van der Waals surface area contributed by atoms with E-state index in [1.165, 1.54) is 19.4 Å². The molecular formula is C17H20ClF3N2O2. The topological polar surface area (TPSA) is 37.6 Å². The van der Waals surface area contributed by atoms with Crippen molar-refractivity contribution in [2.24, 2.45) is 0 Å². The van der Waals surface area contributed by atoms with Gasteiger partial charge in [0.15, 0.2) is 0 Å². The van der Waals surface area contributed by atoms with Gasteiger partial charge in [-0.1, -0.05) is 0 Å². The van der Waals surface area contributed by atoms with Gasteiger partial charge < -0.3 is 14.5 Å². The summed E-state index contributed by atoms with van der Waals surface area (Å²) in [6, 6.07) is 7.00. The molecule has 1 N–H and O–H groups in total. The molecule has 1 aliphatic rings. The molecule has 1 fully saturated rings. The highest BCUT2D eigenvalue weighted by atomic mass is 35.5. The molecule has 1 atom stereocenters. The maximum atomic E-state index is 13.2. The zero-order valence-corrected chi connectivity index (χ0v) is 14.5. The fourth-order valence-corrected chi connectivity index (χ4v) is 3.00. The van der Waals surface area contributed by atoms with E-state index >= 15 is 0 Å². The van der Waals surface area contributed by atoms with E-state index in [-0.39, 0.29) is 24.2 Å². The van der Waals surface area contributed by atoms with Crippen LogP contribution in [0.3, 0.4) is 0 Å². The third-order valence-electron chi connectivity index (χ3n) is 4.14. The molecule has 2 heterocycles. The number of methoxy groups -OCH3 is 1. The van der Waals surface area contributed by atoms with E-state index in [0.29, 0.717) is 11.3 Å². The van der Waals surface area contributed by atoms with Crippen LogP contribution in [0.25, 0.3) is 0 Å². The first-order valence-corrected chi connectivity index (χ1v) is 7.73. The number of rotatable bonds is 4. The molecule has 0 bridgehead atoms. The summed E-state index contributed by atoms with van der Waals surface area (Å²) < 4.78 is 50.3. The van der Waals surface area contributed by atoms with E-state index in [1.54, 1.807) is 18.2 Å². The number of furan rings is 1. The van der Waals surface area contributed by atoms with Gasteiger partial charge in [0.2, 0.25) is 0 Å². The second kappa shape index (κ2) is 8.12. The highest BCUT2D eigenvalue weighted by Crippen LogP contribution is 2.37. The van der Waals surface area contributed by atoms with Gasteiger partial charge in [-0.25, -0.2) is 0 Å². The summed E-state index contributed by atoms with van der Waals surface area (Å²) in [6.07, 6.45) is -2.89. The van der Waals surface area contributed by atoms with Crippen LogP contribution in [0.1, 0.15) is 22.9 Å². The quantitative estimate of drug-likeness (QED) is 0.882. The van der Waals surface area contributed by atoms with E-state index in [0.717, 1.165) is 32.2 Å². The highest BCUT2D eigenvalue weighted by Gasteiger charge is 2.34. The summed E-state index contributed by atoms with van der Waals surface area (Å²) in [7, 11) is 1.37. The van der Waals surface area contributed by atoms with Gasteiger partial charge in [0, 0.05) is 26.2 Å². The number of hydrogen-bond acceptors (Lipinski definition) is 4. The van der Waals surface area contributed by atoms with E-state index < -0.39 is 11.7 Å². The van der Waals surface area contributed by atoms with Gasteiger partial charge in [-0.3, -0.25) is 4.90 Å². The molecule has 0 aliphatic carbocycles. The SMILES string of the molecule is COc1cc([C@@H](c2ccco2)N2CCNCC2)cc(C(F)(F)F)c1.Cl. The molecule has 0 amide bonds. The molecule has 4 nitrogen and oxygen atoms in total. The van der Waals surface area contributed by atoms with Gasteiger partial charge >= 0.3 is 6.18 Å². The lowest BCUT2D eigenvalue weighted by atomic mass is 9.99. The van der Waals surface area contributed by atoms with E-state index in [1.807, 2.05) is 0 Å². The Balaban J connectivity index is 0.00000225. The Hall–Kier alpha value is -1.70. The van der Waals surface area contributed by atoms with Crippen molar-refractivity contribution in [2.45, 2.75) is 12.2 Å². The monoisotopic (exact) mass is 376 g/mol. The van der Waals surface area contributed by atoms with Gasteiger partial charge in [0.05, 0.1) is 25.0 Å². The fourth-order valence-electron chi connectivity index (χ4n) is 3.00. The van der Waals surface area contributed by atoms with Gasteiger partial charge in [-0.2, -0.15) is 13.2 Å². The van der Waals surface area contributed by atoms with Gasteiger partial charge in [0.25, 0.3) is 0 Å². The molecule has 3 rings (SSSR count). The van der Waals surface area contributed by atoms with Crippen molar-refractivity contribution in [2.75, 3.05) is 33.3 Å². The summed E-state index contributed by atoms with van der Waals surface area (Å²) in [5.41, 5.74) is -0.206. The first-order chi connectivity index (χ1) is 11.5. The first-order valence-electron chi connectivity index (χ1n) is 7.73. The van der Waals surface area contributed by atoms with Crippen LogP contribution in [-0.4, -0.2) is 38.2 Å². The number of nitrogens with zero attached hydrogens (tertiary/aromatic N) is 1. The minimum atomic E-state index is -4.43. The Labute approximate surface area is 150 Å². The zero-order chi connectivity index (χ0) is 17.2. The number of ether oxygens (including phenoxy) is 1. The molecule has 2 aromatic rings. The minimum Gasteiger partial charge on any atom is -0.497 e. The standard InChI is InChI=1S/C17H19F3N2O2.ClH/c1-23-14-10-12(9-13(11-14)17(18,19)20)16(15-3-2-8-24-15)22-6-4-21-5-7-22;/h2-3,8-11,16,21H,4-7H2,1H3;1H/t16-;/m0./s1. The number of piperazine rings is 1. The minimum absolute atomic E-state index is 0. The highest BCUT2D eigenvalue weighted by molar-refractivity contribution is 5.85. The van der Waals surface area contributed by atoms with Crippen molar-refractivity contribution in [3.8, 4) is 5.75 Å². The lowest BCUT2D eigenvalue weighted by Gasteiger charge is -2.34. The van der Waals surface area contributed by atoms with E-state index in [2.05, 4.69) is 10.2 Å². The Bertz CT molecular complexity index is 671. The van der Waals surface area contributed by atoms with Crippen LogP contribution in [0, 0.1) is 0 Å². The van der Waals surface area contributed by atoms with Crippen LogP contribution in [0.2, 0.25) is 0 Å². The number of alkyl halides is 3. The predicted octanol–water partition coefficient (Wildman–Crippen LogP) is 3.72. The van der Waals surface area contributed by atoms with Crippen LogP contribution < -0.4 is 10.1 Å². The van der Waals surface area contributed by atoms with Crippen LogP contribution in [0.4, 0.5) is 13.2 Å². The Morgan fingerprint density at radius 1 is 1.20 bits per heavy atom. The van der Waals surface area contributed by atoms with Crippen molar-refractivity contribution >= 4 is 12.4 Å². The van der Waals surface area contributed by atoms with Crippen LogP contribution in [0.15, 0.2) is 41.0 Å². The molecule has 1 saturated heterocycles. The molecule has 8 heteroatoms. The normalized spacial score (nSPS) is 17.0. The molecule has 1 aromatic heterocycles. The van der Waals surface area contributed by atoms with Crippen molar-refractivity contribution in [3.63, 3.8) is 0 Å². The lowest BCUT2D eigenvalue weighted by Crippen LogP contribution is -2.45. The lowest BCUT2D eigenvalue weighted by molar-refractivity contribution is -0.137. The summed E-state index contributed by atoms with van der Waals surface area (Å²) >= 11 is 0. The van der Waals surface area contributed by atoms with Gasteiger partial charge in [0.1, 0.15) is 11.5 Å². The van der Waals surface area contributed by atoms with Crippen LogP contribution in [-0.2, 0) is 6.18 Å². The third-order valence-corrected chi connectivity index (χ3v) is 4.14. The second-order valence-electron chi connectivity index (χ2n) is 5.70. The predicted molar refractivity (Wildman–Crippen MR) is 90.2 cm³/mol. The number of nitrogens with one attached hydrogen (secondary N) is 1. The van der Waals surface area contributed by atoms with Crippen molar-refractivity contribution < 1.29 is 22.3 Å².